The predicted octanol–water partition coefficient (Wildman–Crippen LogP) is 2.02. The molecule has 0 amide bonds. The Morgan fingerprint density at radius 2 is 2.38 bits per heavy atom. The van der Waals surface area contributed by atoms with Crippen LogP contribution in [0.2, 0.25) is 0 Å². The van der Waals surface area contributed by atoms with E-state index in [0.717, 1.165) is 12.4 Å². The monoisotopic (exact) mass is 253 g/mol. The lowest BCUT2D eigenvalue weighted by Crippen LogP contribution is -2.19. The summed E-state index contributed by atoms with van der Waals surface area (Å²) in [6.07, 6.45) is 4.74. The Hall–Kier alpha value is -0.810. The van der Waals surface area contributed by atoms with E-state index < -0.39 is 0 Å². The molecule has 0 unspecified atom stereocenters. The highest BCUT2D eigenvalue weighted by atomic mass is 32.2. The van der Waals surface area contributed by atoms with E-state index in [1.165, 1.54) is 12.8 Å². The Morgan fingerprint density at radius 3 is 2.94 bits per heavy atom. The van der Waals surface area contributed by atoms with Gasteiger partial charge in [-0.1, -0.05) is 18.3 Å². The molecule has 3 nitrogen and oxygen atoms in total. The van der Waals surface area contributed by atoms with E-state index in [4.69, 9.17) is 18.0 Å². The van der Waals surface area contributed by atoms with Crippen molar-refractivity contribution in [1.82, 2.24) is 4.98 Å². The number of hydrogen-bond acceptors (Lipinski definition) is 4. The van der Waals surface area contributed by atoms with Crippen molar-refractivity contribution in [2.45, 2.75) is 17.6 Å². The van der Waals surface area contributed by atoms with Crippen molar-refractivity contribution in [3.63, 3.8) is 0 Å². The van der Waals surface area contributed by atoms with Crippen LogP contribution in [0, 0.1) is 0 Å². The van der Waals surface area contributed by atoms with Gasteiger partial charge >= 0.3 is 0 Å². The van der Waals surface area contributed by atoms with Gasteiger partial charge in [-0.05, 0) is 31.2 Å². The third-order valence-corrected chi connectivity index (χ3v) is 4.46. The van der Waals surface area contributed by atoms with Crippen molar-refractivity contribution in [3.8, 4) is 0 Å². The van der Waals surface area contributed by atoms with E-state index in [0.29, 0.717) is 15.4 Å². The average Bonchev–Trinajstić information content (AvgIpc) is 3.07. The molecule has 86 valence electrons. The van der Waals surface area contributed by atoms with Gasteiger partial charge in [0.1, 0.15) is 10.8 Å². The van der Waals surface area contributed by atoms with Crippen LogP contribution < -0.4 is 11.1 Å². The topological polar surface area (TPSA) is 50.9 Å². The van der Waals surface area contributed by atoms with Crippen LogP contribution in [0.15, 0.2) is 18.2 Å². The Morgan fingerprint density at radius 1 is 1.62 bits per heavy atom. The van der Waals surface area contributed by atoms with Crippen LogP contribution in [0.3, 0.4) is 0 Å². The van der Waals surface area contributed by atoms with E-state index in [1.54, 1.807) is 0 Å². The highest BCUT2D eigenvalue weighted by Gasteiger charge is 2.41. The maximum atomic E-state index is 5.54. The molecule has 0 atom stereocenters. The van der Waals surface area contributed by atoms with E-state index in [-0.39, 0.29) is 0 Å². The smallest absolute Gasteiger partial charge is 0.126 e. The normalized spacial score (nSPS) is 16.8. The first-order chi connectivity index (χ1) is 7.65. The molecule has 1 aliphatic rings. The number of pyridine rings is 1. The molecule has 0 radical (unpaired) electrons. The first-order valence-electron chi connectivity index (χ1n) is 5.21. The van der Waals surface area contributed by atoms with E-state index in [9.17, 15) is 0 Å². The maximum absolute atomic E-state index is 5.54. The van der Waals surface area contributed by atoms with Crippen molar-refractivity contribution in [2.75, 3.05) is 18.1 Å². The number of nitrogens with one attached hydrogen (secondary N) is 1. The van der Waals surface area contributed by atoms with Crippen molar-refractivity contribution < 1.29 is 0 Å². The number of nitrogens with zero attached hydrogens (tertiary/aromatic N) is 1. The van der Waals surface area contributed by atoms with Gasteiger partial charge in [0, 0.05) is 11.3 Å². The summed E-state index contributed by atoms with van der Waals surface area (Å²) < 4.78 is 0.431. The molecule has 0 bridgehead atoms. The molecular weight excluding hydrogens is 238 g/mol. The minimum absolute atomic E-state index is 0.342. The van der Waals surface area contributed by atoms with Crippen LogP contribution in [0.4, 0.5) is 5.82 Å². The quantitative estimate of drug-likeness (QED) is 0.786. The minimum atomic E-state index is 0.342. The number of hydrogen-bond donors (Lipinski definition) is 2. The van der Waals surface area contributed by atoms with Crippen LogP contribution >= 0.6 is 24.0 Å². The summed E-state index contributed by atoms with van der Waals surface area (Å²) in [6.45, 7) is 0.960. The van der Waals surface area contributed by atoms with Crippen LogP contribution in [0.1, 0.15) is 18.5 Å². The fourth-order valence-electron chi connectivity index (χ4n) is 1.51. The predicted molar refractivity (Wildman–Crippen MR) is 74.1 cm³/mol. The number of anilines is 1. The number of aromatic nitrogens is 1. The fourth-order valence-corrected chi connectivity index (χ4v) is 2.36. The summed E-state index contributed by atoms with van der Waals surface area (Å²) in [4.78, 5) is 4.69. The molecule has 3 N–H and O–H groups in total. The van der Waals surface area contributed by atoms with Crippen LogP contribution in [0.5, 0.6) is 0 Å². The molecule has 2 rings (SSSR count). The fraction of sp³-hybridized carbons (Fsp3) is 0.455. The largest absolute Gasteiger partial charge is 0.388 e. The van der Waals surface area contributed by atoms with Gasteiger partial charge in [0.2, 0.25) is 0 Å². The van der Waals surface area contributed by atoms with Crippen LogP contribution in [0.25, 0.3) is 0 Å². The summed E-state index contributed by atoms with van der Waals surface area (Å²) in [5.74, 6) is 0.852. The van der Waals surface area contributed by atoms with Gasteiger partial charge in [0.15, 0.2) is 0 Å². The van der Waals surface area contributed by atoms with Crippen molar-refractivity contribution in [3.05, 3.63) is 23.9 Å². The first-order valence-corrected chi connectivity index (χ1v) is 6.84. The Balaban J connectivity index is 1.99. The summed E-state index contributed by atoms with van der Waals surface area (Å²) in [5, 5.41) is 3.35. The standard InChI is InChI=1S/C11H15N3S2/c1-16-11(5-6-11)7-13-9-4-2-3-8(14-9)10(12)15/h2-4H,5-7H2,1H3,(H2,12,15)(H,13,14). The number of thiocarbonyl (C=S) groups is 1. The molecule has 5 heteroatoms. The first kappa shape index (κ1) is 11.7. The molecule has 0 aliphatic heterocycles. The highest BCUT2D eigenvalue weighted by Crippen LogP contribution is 2.46. The van der Waals surface area contributed by atoms with Crippen molar-refractivity contribution >= 4 is 34.8 Å². The molecule has 0 saturated heterocycles. The molecule has 0 spiro atoms. The Labute approximate surface area is 105 Å². The van der Waals surface area contributed by atoms with Gasteiger partial charge in [-0.15, -0.1) is 0 Å². The van der Waals surface area contributed by atoms with Gasteiger partial charge in [-0.3, -0.25) is 0 Å². The lowest BCUT2D eigenvalue weighted by Gasteiger charge is -2.13. The van der Waals surface area contributed by atoms with Crippen molar-refractivity contribution in [1.29, 1.82) is 0 Å². The van der Waals surface area contributed by atoms with Gasteiger partial charge in [-0.25, -0.2) is 4.98 Å². The average molecular weight is 253 g/mol. The lowest BCUT2D eigenvalue weighted by atomic mass is 10.3. The van der Waals surface area contributed by atoms with E-state index in [2.05, 4.69) is 16.6 Å². The molecule has 1 heterocycles. The molecule has 16 heavy (non-hydrogen) atoms. The molecule has 1 fully saturated rings. The zero-order valence-electron chi connectivity index (χ0n) is 9.19. The van der Waals surface area contributed by atoms with E-state index >= 15 is 0 Å². The second-order valence-electron chi connectivity index (χ2n) is 4.01. The molecular formula is C11H15N3S2. The number of nitrogens with two attached hydrogens (primary N) is 1. The van der Waals surface area contributed by atoms with E-state index in [1.807, 2.05) is 30.0 Å². The lowest BCUT2D eigenvalue weighted by molar-refractivity contribution is 0.940. The second kappa shape index (κ2) is 4.59. The highest BCUT2D eigenvalue weighted by molar-refractivity contribution is 8.00. The summed E-state index contributed by atoms with van der Waals surface area (Å²) >= 11 is 6.83. The SMILES string of the molecule is CSC1(CNc2cccc(C(N)=S)n2)CC1. The maximum Gasteiger partial charge on any atom is 0.126 e. The third kappa shape index (κ3) is 2.65. The molecule has 1 aromatic rings. The zero-order valence-corrected chi connectivity index (χ0v) is 10.8. The summed E-state index contributed by atoms with van der Waals surface area (Å²) in [6, 6.07) is 5.69. The molecule has 1 aliphatic carbocycles. The van der Waals surface area contributed by atoms with Gasteiger partial charge in [0.05, 0.1) is 5.69 Å². The minimum Gasteiger partial charge on any atom is -0.388 e. The molecule has 0 aromatic carbocycles. The molecule has 1 aromatic heterocycles. The zero-order chi connectivity index (χ0) is 11.6. The second-order valence-corrected chi connectivity index (χ2v) is 5.73. The van der Waals surface area contributed by atoms with Crippen LogP contribution in [-0.4, -0.2) is 27.5 Å². The summed E-state index contributed by atoms with van der Waals surface area (Å²) in [7, 11) is 0. The van der Waals surface area contributed by atoms with Gasteiger partial charge in [0.25, 0.3) is 0 Å². The van der Waals surface area contributed by atoms with Crippen LogP contribution in [-0.2, 0) is 0 Å². The third-order valence-electron chi connectivity index (χ3n) is 2.83. The van der Waals surface area contributed by atoms with Gasteiger partial charge < -0.3 is 11.1 Å². The molecule has 1 saturated carbocycles. The summed E-state index contributed by atoms with van der Waals surface area (Å²) in [5.41, 5.74) is 6.22. The Kier molecular flexibility index (Phi) is 3.35. The van der Waals surface area contributed by atoms with Gasteiger partial charge in [-0.2, -0.15) is 11.8 Å². The Bertz CT molecular complexity index is 402. The number of thioether (sulfide) groups is 1. The van der Waals surface area contributed by atoms with Crippen molar-refractivity contribution in [2.24, 2.45) is 5.73 Å². The number of rotatable bonds is 5.